The third-order valence-electron chi connectivity index (χ3n) is 4.07. The minimum atomic E-state index is -0.911. The third kappa shape index (κ3) is 6.23. The summed E-state index contributed by atoms with van der Waals surface area (Å²) in [4.78, 5) is 36.2. The van der Waals surface area contributed by atoms with Crippen LogP contribution in [0.5, 0.6) is 0 Å². The maximum absolute atomic E-state index is 12.5. The maximum Gasteiger partial charge on any atom is 0.328 e. The second-order valence-electron chi connectivity index (χ2n) is 6.07. The van der Waals surface area contributed by atoms with Crippen LogP contribution in [-0.2, 0) is 19.1 Å². The number of carbonyl (C=O) groups is 3. The zero-order chi connectivity index (χ0) is 20.4. The molecule has 0 aliphatic rings. The number of rotatable bonds is 9. The van der Waals surface area contributed by atoms with Crippen LogP contribution in [0.25, 0.3) is 11.1 Å². The predicted molar refractivity (Wildman–Crippen MR) is 106 cm³/mol. The number of hydrogen-bond acceptors (Lipinski definition) is 5. The van der Waals surface area contributed by atoms with Gasteiger partial charge in [-0.3, -0.25) is 9.59 Å². The van der Waals surface area contributed by atoms with Crippen molar-refractivity contribution in [1.82, 2.24) is 5.32 Å². The molecule has 1 N–H and O–H groups in total. The fourth-order valence-corrected chi connectivity index (χ4v) is 2.67. The molecule has 1 amide bonds. The van der Waals surface area contributed by atoms with Crippen LogP contribution in [-0.4, -0.2) is 37.1 Å². The number of ether oxygens (including phenoxy) is 2. The summed E-state index contributed by atoms with van der Waals surface area (Å²) in [7, 11) is 0. The van der Waals surface area contributed by atoms with Crippen LogP contribution in [0, 0.1) is 0 Å². The average molecular weight is 383 g/mol. The molecule has 0 saturated heterocycles. The van der Waals surface area contributed by atoms with Crippen molar-refractivity contribution in [2.45, 2.75) is 32.7 Å². The SMILES string of the molecule is CCOC(=O)CC[C@H](NC(=O)c1ccc(-c2ccccc2)cc1)C(=O)OCC. The molecule has 2 aromatic carbocycles. The molecular weight excluding hydrogens is 358 g/mol. The highest BCUT2D eigenvalue weighted by Crippen LogP contribution is 2.19. The van der Waals surface area contributed by atoms with Gasteiger partial charge in [0.25, 0.3) is 5.91 Å². The van der Waals surface area contributed by atoms with Crippen molar-refractivity contribution in [3.05, 3.63) is 60.2 Å². The molecule has 0 aliphatic heterocycles. The van der Waals surface area contributed by atoms with Crippen LogP contribution in [0.3, 0.4) is 0 Å². The Morgan fingerprint density at radius 1 is 0.857 bits per heavy atom. The highest BCUT2D eigenvalue weighted by molar-refractivity contribution is 5.97. The molecule has 6 nitrogen and oxygen atoms in total. The van der Waals surface area contributed by atoms with Crippen molar-refractivity contribution in [3.63, 3.8) is 0 Å². The van der Waals surface area contributed by atoms with Gasteiger partial charge in [-0.15, -0.1) is 0 Å². The van der Waals surface area contributed by atoms with Crippen molar-refractivity contribution in [2.75, 3.05) is 13.2 Å². The van der Waals surface area contributed by atoms with E-state index >= 15 is 0 Å². The van der Waals surface area contributed by atoms with E-state index in [1.54, 1.807) is 26.0 Å². The Labute approximate surface area is 164 Å². The van der Waals surface area contributed by atoms with Crippen molar-refractivity contribution >= 4 is 17.8 Å². The number of benzene rings is 2. The van der Waals surface area contributed by atoms with Crippen molar-refractivity contribution in [3.8, 4) is 11.1 Å². The molecule has 0 heterocycles. The van der Waals surface area contributed by atoms with Crippen molar-refractivity contribution in [1.29, 1.82) is 0 Å². The van der Waals surface area contributed by atoms with E-state index in [0.29, 0.717) is 5.56 Å². The molecule has 0 aromatic heterocycles. The van der Waals surface area contributed by atoms with Crippen molar-refractivity contribution in [2.24, 2.45) is 0 Å². The lowest BCUT2D eigenvalue weighted by atomic mass is 10.0. The van der Waals surface area contributed by atoms with Gasteiger partial charge < -0.3 is 14.8 Å². The summed E-state index contributed by atoms with van der Waals surface area (Å²) in [5, 5.41) is 2.65. The molecule has 0 saturated carbocycles. The number of esters is 2. The lowest BCUT2D eigenvalue weighted by molar-refractivity contribution is -0.146. The van der Waals surface area contributed by atoms with Crippen LogP contribution < -0.4 is 5.32 Å². The Morgan fingerprint density at radius 2 is 1.46 bits per heavy atom. The Bertz CT molecular complexity index is 786. The number of nitrogens with one attached hydrogen (secondary N) is 1. The molecule has 28 heavy (non-hydrogen) atoms. The predicted octanol–water partition coefficient (Wildman–Crippen LogP) is 3.36. The third-order valence-corrected chi connectivity index (χ3v) is 4.07. The van der Waals surface area contributed by atoms with E-state index in [1.807, 2.05) is 42.5 Å². The second-order valence-corrected chi connectivity index (χ2v) is 6.07. The lowest BCUT2D eigenvalue weighted by Gasteiger charge is -2.17. The first-order valence-corrected chi connectivity index (χ1v) is 9.33. The molecule has 0 unspecified atom stereocenters. The van der Waals surface area contributed by atoms with Gasteiger partial charge in [0.2, 0.25) is 0 Å². The molecule has 6 heteroatoms. The van der Waals surface area contributed by atoms with Crippen LogP contribution in [0.2, 0.25) is 0 Å². The van der Waals surface area contributed by atoms with Gasteiger partial charge in [-0.2, -0.15) is 0 Å². The van der Waals surface area contributed by atoms with Gasteiger partial charge in [-0.1, -0.05) is 42.5 Å². The fraction of sp³-hybridized carbons (Fsp3) is 0.318. The van der Waals surface area contributed by atoms with Crippen LogP contribution in [0.4, 0.5) is 0 Å². The normalized spacial score (nSPS) is 11.4. The number of hydrogen-bond donors (Lipinski definition) is 1. The Balaban J connectivity index is 2.04. The van der Waals surface area contributed by atoms with Crippen LogP contribution >= 0.6 is 0 Å². The van der Waals surface area contributed by atoms with Gasteiger partial charge >= 0.3 is 11.9 Å². The maximum atomic E-state index is 12.5. The van der Waals surface area contributed by atoms with E-state index < -0.39 is 23.9 Å². The molecule has 148 valence electrons. The van der Waals surface area contributed by atoms with Crippen LogP contribution in [0.1, 0.15) is 37.0 Å². The summed E-state index contributed by atoms with van der Waals surface area (Å²) in [5.74, 6) is -1.39. The molecule has 0 fully saturated rings. The molecule has 0 radical (unpaired) electrons. The Hall–Kier alpha value is -3.15. The van der Waals surface area contributed by atoms with E-state index in [0.717, 1.165) is 11.1 Å². The monoisotopic (exact) mass is 383 g/mol. The summed E-state index contributed by atoms with van der Waals surface area (Å²) in [6, 6.07) is 16.0. The van der Waals surface area contributed by atoms with Gasteiger partial charge in [0.15, 0.2) is 0 Å². The Morgan fingerprint density at radius 3 is 2.07 bits per heavy atom. The molecule has 1 atom stereocenters. The van der Waals surface area contributed by atoms with E-state index in [9.17, 15) is 14.4 Å². The van der Waals surface area contributed by atoms with Crippen molar-refractivity contribution < 1.29 is 23.9 Å². The number of amides is 1. The van der Waals surface area contributed by atoms with Gasteiger partial charge in [-0.25, -0.2) is 4.79 Å². The van der Waals surface area contributed by atoms with Crippen LogP contribution in [0.15, 0.2) is 54.6 Å². The first-order chi connectivity index (χ1) is 13.5. The standard InChI is InChI=1S/C22H25NO5/c1-3-27-20(24)15-14-19(22(26)28-4-2)23-21(25)18-12-10-17(11-13-18)16-8-6-5-7-9-16/h5-13,19H,3-4,14-15H2,1-2H3,(H,23,25)/t19-/m0/s1. The zero-order valence-corrected chi connectivity index (χ0v) is 16.1. The van der Waals surface area contributed by atoms with E-state index in [-0.39, 0.29) is 26.1 Å². The molecule has 0 spiro atoms. The minimum absolute atomic E-state index is 0.0184. The first-order valence-electron chi connectivity index (χ1n) is 9.33. The largest absolute Gasteiger partial charge is 0.466 e. The van der Waals surface area contributed by atoms with E-state index in [1.165, 1.54) is 0 Å². The smallest absolute Gasteiger partial charge is 0.328 e. The van der Waals surface area contributed by atoms with Gasteiger partial charge in [0.1, 0.15) is 6.04 Å². The van der Waals surface area contributed by atoms with Gasteiger partial charge in [0.05, 0.1) is 13.2 Å². The highest BCUT2D eigenvalue weighted by Gasteiger charge is 2.24. The molecule has 2 rings (SSSR count). The summed E-state index contributed by atoms with van der Waals surface area (Å²) in [5.41, 5.74) is 2.46. The quantitative estimate of drug-likeness (QED) is 0.672. The summed E-state index contributed by atoms with van der Waals surface area (Å²) < 4.78 is 9.88. The molecule has 0 aliphatic carbocycles. The summed E-state index contributed by atoms with van der Waals surface area (Å²) in [6.45, 7) is 3.85. The average Bonchev–Trinajstić information content (AvgIpc) is 2.72. The Kier molecular flexibility index (Phi) is 8.21. The fourth-order valence-electron chi connectivity index (χ4n) is 2.67. The highest BCUT2D eigenvalue weighted by atomic mass is 16.5. The summed E-state index contributed by atoms with van der Waals surface area (Å²) >= 11 is 0. The minimum Gasteiger partial charge on any atom is -0.466 e. The first kappa shape index (κ1) is 21.2. The molecular formula is C22H25NO5. The molecule has 0 bridgehead atoms. The summed E-state index contributed by atoms with van der Waals surface area (Å²) in [6.07, 6.45) is 0.135. The second kappa shape index (κ2) is 10.9. The van der Waals surface area contributed by atoms with Gasteiger partial charge in [0, 0.05) is 12.0 Å². The number of carbonyl (C=O) groups excluding carboxylic acids is 3. The van der Waals surface area contributed by atoms with E-state index in [2.05, 4.69) is 5.32 Å². The topological polar surface area (TPSA) is 81.7 Å². The van der Waals surface area contributed by atoms with E-state index in [4.69, 9.17) is 9.47 Å². The lowest BCUT2D eigenvalue weighted by Crippen LogP contribution is -2.42. The van der Waals surface area contributed by atoms with Gasteiger partial charge in [-0.05, 0) is 43.5 Å². The zero-order valence-electron chi connectivity index (χ0n) is 16.1. The molecule has 2 aromatic rings.